The lowest BCUT2D eigenvalue weighted by atomic mass is 10.1. The zero-order chi connectivity index (χ0) is 10.0. The molecule has 0 unspecified atom stereocenters. The zero-order valence-corrected chi connectivity index (χ0v) is 6.39. The van der Waals surface area contributed by atoms with Gasteiger partial charge in [0.1, 0.15) is 17.1 Å². The lowest BCUT2D eigenvalue weighted by molar-refractivity contribution is -0.131. The average molecular weight is 182 g/mol. The average Bonchev–Trinajstić information content (AvgIpc) is 2.03. The first-order valence-corrected chi connectivity index (χ1v) is 3.32. The van der Waals surface area contributed by atoms with Crippen molar-refractivity contribution in [3.63, 3.8) is 0 Å². The Labute approximate surface area is 72.9 Å². The fourth-order valence-electron chi connectivity index (χ4n) is 0.868. The van der Waals surface area contributed by atoms with Gasteiger partial charge in [-0.1, -0.05) is 6.07 Å². The van der Waals surface area contributed by atoms with Gasteiger partial charge in [0.2, 0.25) is 0 Å². The summed E-state index contributed by atoms with van der Waals surface area (Å²) in [7, 11) is 0. The number of carbonyl (C=O) groups excluding carboxylic acids is 1. The van der Waals surface area contributed by atoms with Gasteiger partial charge in [0.05, 0.1) is 0 Å². The van der Waals surface area contributed by atoms with E-state index in [-0.39, 0.29) is 0 Å². The van der Waals surface area contributed by atoms with Gasteiger partial charge in [-0.3, -0.25) is 4.79 Å². The summed E-state index contributed by atoms with van der Waals surface area (Å²) in [5.74, 6) is -4.16. The van der Waals surface area contributed by atoms with Crippen LogP contribution in [-0.2, 0) is 4.79 Å². The normalized spacial score (nSPS) is 9.54. The van der Waals surface area contributed by atoms with Gasteiger partial charge in [-0.05, 0) is 12.1 Å². The van der Waals surface area contributed by atoms with E-state index in [9.17, 15) is 9.59 Å². The third-order valence-electron chi connectivity index (χ3n) is 1.44. The number of carboxylic acid groups (broad SMARTS) is 1. The molecule has 0 heterocycles. The number of Topliss-reactive ketones (excluding diaryl/α,β-unsaturated/α-hetero) is 1. The monoisotopic (exact) mass is 182 g/mol. The van der Waals surface area contributed by atoms with E-state index >= 15 is 0 Å². The second-order valence-corrected chi connectivity index (χ2v) is 2.31. The fraction of sp³-hybridized carbons (Fsp3) is 0. The van der Waals surface area contributed by atoms with Crippen LogP contribution in [-0.4, -0.2) is 27.1 Å². The van der Waals surface area contributed by atoms with Crippen LogP contribution in [0.2, 0.25) is 0 Å². The highest BCUT2D eigenvalue weighted by molar-refractivity contribution is 6.41. The second-order valence-electron chi connectivity index (χ2n) is 2.31. The first-order chi connectivity index (χ1) is 6.04. The molecule has 68 valence electrons. The molecule has 0 aliphatic rings. The van der Waals surface area contributed by atoms with Crippen molar-refractivity contribution in [1.82, 2.24) is 0 Å². The van der Waals surface area contributed by atoms with Gasteiger partial charge < -0.3 is 15.3 Å². The highest BCUT2D eigenvalue weighted by Crippen LogP contribution is 2.26. The van der Waals surface area contributed by atoms with Gasteiger partial charge in [0, 0.05) is 0 Å². The quantitative estimate of drug-likeness (QED) is 0.453. The van der Waals surface area contributed by atoms with Gasteiger partial charge in [-0.25, -0.2) is 4.79 Å². The molecule has 0 fully saturated rings. The highest BCUT2D eigenvalue weighted by atomic mass is 16.4. The minimum absolute atomic E-state index is 0.549. The SMILES string of the molecule is O=C(O)C(=O)c1c(O)cccc1O. The van der Waals surface area contributed by atoms with Crippen LogP contribution >= 0.6 is 0 Å². The smallest absolute Gasteiger partial charge is 0.377 e. The molecule has 0 spiro atoms. The van der Waals surface area contributed by atoms with Crippen molar-refractivity contribution in [2.75, 3.05) is 0 Å². The Morgan fingerprint density at radius 1 is 1.08 bits per heavy atom. The summed E-state index contributed by atoms with van der Waals surface area (Å²) in [6.45, 7) is 0. The number of carboxylic acids is 1. The second kappa shape index (κ2) is 3.14. The Bertz CT molecular complexity index is 349. The maximum absolute atomic E-state index is 10.9. The van der Waals surface area contributed by atoms with Crippen molar-refractivity contribution < 1.29 is 24.9 Å². The predicted octanol–water partition coefficient (Wildman–Crippen LogP) is 0.365. The molecule has 1 aromatic rings. The first kappa shape index (κ1) is 9.05. The number of phenols is 2. The Kier molecular flexibility index (Phi) is 2.19. The summed E-state index contributed by atoms with van der Waals surface area (Å²) in [4.78, 5) is 21.1. The van der Waals surface area contributed by atoms with Crippen LogP contribution < -0.4 is 0 Å². The molecule has 5 nitrogen and oxygen atoms in total. The third-order valence-corrected chi connectivity index (χ3v) is 1.44. The summed E-state index contributed by atoms with van der Waals surface area (Å²) < 4.78 is 0. The Morgan fingerprint density at radius 2 is 1.54 bits per heavy atom. The van der Waals surface area contributed by atoms with Crippen molar-refractivity contribution in [3.8, 4) is 11.5 Å². The van der Waals surface area contributed by atoms with Crippen LogP contribution in [0.1, 0.15) is 10.4 Å². The lowest BCUT2D eigenvalue weighted by Gasteiger charge is -2.01. The number of hydrogen-bond acceptors (Lipinski definition) is 4. The lowest BCUT2D eigenvalue weighted by Crippen LogP contribution is -2.12. The zero-order valence-electron chi connectivity index (χ0n) is 6.39. The van der Waals surface area contributed by atoms with E-state index in [4.69, 9.17) is 15.3 Å². The third kappa shape index (κ3) is 1.58. The van der Waals surface area contributed by atoms with Crippen LogP contribution in [0.25, 0.3) is 0 Å². The number of ketones is 1. The molecular weight excluding hydrogens is 176 g/mol. The summed E-state index contributed by atoms with van der Waals surface area (Å²) in [5.41, 5.74) is -0.588. The van der Waals surface area contributed by atoms with Crippen molar-refractivity contribution in [2.45, 2.75) is 0 Å². The number of benzene rings is 1. The molecule has 1 rings (SSSR count). The Balaban J connectivity index is 3.28. The highest BCUT2D eigenvalue weighted by Gasteiger charge is 2.21. The molecule has 0 aliphatic carbocycles. The molecule has 0 aromatic heterocycles. The molecule has 0 saturated heterocycles. The van der Waals surface area contributed by atoms with Crippen molar-refractivity contribution in [1.29, 1.82) is 0 Å². The van der Waals surface area contributed by atoms with E-state index in [2.05, 4.69) is 0 Å². The number of rotatable bonds is 2. The first-order valence-electron chi connectivity index (χ1n) is 3.32. The molecular formula is C8H6O5. The van der Waals surface area contributed by atoms with E-state index in [0.717, 1.165) is 12.1 Å². The molecule has 0 aliphatic heterocycles. The largest absolute Gasteiger partial charge is 0.507 e. The van der Waals surface area contributed by atoms with Crippen LogP contribution in [0.3, 0.4) is 0 Å². The Hall–Kier alpha value is -2.04. The van der Waals surface area contributed by atoms with Crippen LogP contribution in [0, 0.1) is 0 Å². The number of phenolic OH excluding ortho intramolecular Hbond substituents is 2. The minimum atomic E-state index is -1.73. The molecule has 0 amide bonds. The molecule has 0 atom stereocenters. The maximum Gasteiger partial charge on any atom is 0.377 e. The number of carbonyl (C=O) groups is 2. The van der Waals surface area contributed by atoms with Crippen molar-refractivity contribution in [2.24, 2.45) is 0 Å². The van der Waals surface area contributed by atoms with E-state index < -0.39 is 28.8 Å². The Morgan fingerprint density at radius 3 is 1.92 bits per heavy atom. The van der Waals surface area contributed by atoms with E-state index in [1.807, 2.05) is 0 Å². The molecule has 0 radical (unpaired) electrons. The van der Waals surface area contributed by atoms with E-state index in [1.54, 1.807) is 0 Å². The van der Waals surface area contributed by atoms with Crippen molar-refractivity contribution >= 4 is 11.8 Å². The standard InChI is InChI=1S/C8H6O5/c9-4-2-1-3-5(10)6(4)7(11)8(12)13/h1-3,9-10H,(H,12,13). The minimum Gasteiger partial charge on any atom is -0.507 e. The van der Waals surface area contributed by atoms with Gasteiger partial charge in [0.25, 0.3) is 5.78 Å². The fourth-order valence-corrected chi connectivity index (χ4v) is 0.868. The molecule has 1 aromatic carbocycles. The van der Waals surface area contributed by atoms with Gasteiger partial charge in [-0.2, -0.15) is 0 Å². The molecule has 0 bridgehead atoms. The van der Waals surface area contributed by atoms with Crippen LogP contribution in [0.5, 0.6) is 11.5 Å². The molecule has 5 heteroatoms. The van der Waals surface area contributed by atoms with Crippen molar-refractivity contribution in [3.05, 3.63) is 23.8 Å². The van der Waals surface area contributed by atoms with E-state index in [1.165, 1.54) is 6.07 Å². The maximum atomic E-state index is 10.9. The predicted molar refractivity (Wildman–Crippen MR) is 41.7 cm³/mol. The molecule has 3 N–H and O–H groups in total. The number of aliphatic carboxylic acids is 1. The van der Waals surface area contributed by atoms with Crippen LogP contribution in [0.15, 0.2) is 18.2 Å². The summed E-state index contributed by atoms with van der Waals surface area (Å²) in [6, 6.07) is 3.54. The van der Waals surface area contributed by atoms with Gasteiger partial charge in [0.15, 0.2) is 0 Å². The summed E-state index contributed by atoms with van der Waals surface area (Å²) in [5, 5.41) is 26.4. The summed E-state index contributed by atoms with van der Waals surface area (Å²) >= 11 is 0. The van der Waals surface area contributed by atoms with E-state index in [0.29, 0.717) is 0 Å². The topological polar surface area (TPSA) is 94.8 Å². The van der Waals surface area contributed by atoms with Gasteiger partial charge in [-0.15, -0.1) is 0 Å². The number of aromatic hydroxyl groups is 2. The summed E-state index contributed by atoms with van der Waals surface area (Å²) in [6.07, 6.45) is 0. The number of hydrogen-bond donors (Lipinski definition) is 3. The van der Waals surface area contributed by atoms with Crippen LogP contribution in [0.4, 0.5) is 0 Å². The van der Waals surface area contributed by atoms with Gasteiger partial charge >= 0.3 is 5.97 Å². The molecule has 13 heavy (non-hydrogen) atoms. The molecule has 0 saturated carbocycles.